The lowest BCUT2D eigenvalue weighted by Gasteiger charge is -2.30. The molecule has 1 aromatic carbocycles. The van der Waals surface area contributed by atoms with Crippen LogP contribution in [-0.2, 0) is 9.53 Å². The monoisotopic (exact) mass is 276 g/mol. The van der Waals surface area contributed by atoms with Crippen LogP contribution in [0.15, 0.2) is 24.3 Å². The highest BCUT2D eigenvalue weighted by Gasteiger charge is 2.39. The van der Waals surface area contributed by atoms with Gasteiger partial charge in [0.2, 0.25) is 0 Å². The molecule has 1 N–H and O–H groups in total. The minimum Gasteiger partial charge on any atom is -0.481 e. The van der Waals surface area contributed by atoms with Crippen LogP contribution in [0.25, 0.3) is 0 Å². The van der Waals surface area contributed by atoms with Crippen LogP contribution in [-0.4, -0.2) is 23.1 Å². The number of hydrogen-bond acceptors (Lipinski definition) is 3. The maximum absolute atomic E-state index is 11.9. The first kappa shape index (κ1) is 14.6. The molecule has 108 valence electrons. The smallest absolute Gasteiger partial charge is 0.338 e. The van der Waals surface area contributed by atoms with Crippen molar-refractivity contribution in [2.24, 2.45) is 0 Å². The van der Waals surface area contributed by atoms with E-state index in [9.17, 15) is 14.7 Å². The summed E-state index contributed by atoms with van der Waals surface area (Å²) in [6.45, 7) is 2.12. The predicted octanol–water partition coefficient (Wildman–Crippen LogP) is 3.36. The van der Waals surface area contributed by atoms with E-state index in [2.05, 4.69) is 6.92 Å². The quantitative estimate of drug-likeness (QED) is 0.639. The maximum atomic E-state index is 11.9. The number of carboxylic acid groups (broad SMARTS) is 1. The minimum absolute atomic E-state index is 0.379. The summed E-state index contributed by atoms with van der Waals surface area (Å²) >= 11 is 0. The molecule has 20 heavy (non-hydrogen) atoms. The Morgan fingerprint density at radius 2 is 2.00 bits per heavy atom. The van der Waals surface area contributed by atoms with E-state index in [-0.39, 0.29) is 0 Å². The van der Waals surface area contributed by atoms with E-state index in [0.717, 1.165) is 25.7 Å². The fourth-order valence-electron chi connectivity index (χ4n) is 2.71. The van der Waals surface area contributed by atoms with Crippen LogP contribution in [0.2, 0.25) is 0 Å². The van der Waals surface area contributed by atoms with Gasteiger partial charge in [-0.2, -0.15) is 0 Å². The van der Waals surface area contributed by atoms with Crippen LogP contribution in [0.5, 0.6) is 0 Å². The van der Waals surface area contributed by atoms with Crippen molar-refractivity contribution in [3.63, 3.8) is 0 Å². The van der Waals surface area contributed by atoms with Crippen molar-refractivity contribution in [1.29, 1.82) is 0 Å². The summed E-state index contributed by atoms with van der Waals surface area (Å²) in [7, 11) is 0. The summed E-state index contributed by atoms with van der Waals surface area (Å²) < 4.78 is 5.35. The molecule has 1 aromatic rings. The molecule has 1 aliphatic rings. The second kappa shape index (κ2) is 6.55. The van der Waals surface area contributed by atoms with Gasteiger partial charge in [0.05, 0.1) is 5.56 Å². The van der Waals surface area contributed by atoms with Crippen molar-refractivity contribution in [1.82, 2.24) is 0 Å². The number of hydrogen-bond donors (Lipinski definition) is 1. The summed E-state index contributed by atoms with van der Waals surface area (Å²) in [5.41, 5.74) is 0.960. The zero-order valence-electron chi connectivity index (χ0n) is 11.7. The third kappa shape index (κ3) is 3.00. The number of unbranched alkanes of at least 4 members (excludes halogenated alkanes) is 3. The molecule has 0 aliphatic carbocycles. The summed E-state index contributed by atoms with van der Waals surface area (Å²) in [6.07, 6.45) is 4.23. The van der Waals surface area contributed by atoms with Gasteiger partial charge in [0.25, 0.3) is 0 Å². The largest absolute Gasteiger partial charge is 0.481 e. The average molecular weight is 276 g/mol. The van der Waals surface area contributed by atoms with Crippen LogP contribution in [0.1, 0.15) is 60.9 Å². The number of aliphatic carboxylic acids is 1. The summed E-state index contributed by atoms with van der Waals surface area (Å²) in [6, 6.07) is 6.83. The minimum atomic E-state index is -0.926. The SMILES string of the molecule is CCCCCC[C@@H]1OC(=O)c2ccccc2[C@H]1C(=O)O. The van der Waals surface area contributed by atoms with E-state index in [1.165, 1.54) is 0 Å². The summed E-state index contributed by atoms with van der Waals surface area (Å²) in [5, 5.41) is 9.45. The van der Waals surface area contributed by atoms with Crippen molar-refractivity contribution in [2.75, 3.05) is 0 Å². The molecule has 0 unspecified atom stereocenters. The Balaban J connectivity index is 2.17. The van der Waals surface area contributed by atoms with E-state index < -0.39 is 24.0 Å². The van der Waals surface area contributed by atoms with Crippen LogP contribution in [0.4, 0.5) is 0 Å². The molecule has 2 rings (SSSR count). The van der Waals surface area contributed by atoms with E-state index in [0.29, 0.717) is 17.5 Å². The molecule has 0 spiro atoms. The molecule has 0 aromatic heterocycles. The first-order valence-corrected chi connectivity index (χ1v) is 7.18. The molecule has 1 heterocycles. The first-order valence-electron chi connectivity index (χ1n) is 7.18. The zero-order valence-corrected chi connectivity index (χ0v) is 11.7. The van der Waals surface area contributed by atoms with Crippen LogP contribution >= 0.6 is 0 Å². The van der Waals surface area contributed by atoms with Gasteiger partial charge in [-0.1, -0.05) is 44.4 Å². The molecule has 0 saturated carbocycles. The lowest BCUT2D eigenvalue weighted by molar-refractivity contribution is -0.142. The number of benzene rings is 1. The van der Waals surface area contributed by atoms with E-state index >= 15 is 0 Å². The van der Waals surface area contributed by atoms with Crippen LogP contribution in [0, 0.1) is 0 Å². The predicted molar refractivity (Wildman–Crippen MR) is 74.8 cm³/mol. The molecule has 0 fully saturated rings. The molecular weight excluding hydrogens is 256 g/mol. The Kier molecular flexibility index (Phi) is 4.77. The summed E-state index contributed by atoms with van der Waals surface area (Å²) in [4.78, 5) is 23.5. The Bertz CT molecular complexity index is 495. The number of rotatable bonds is 6. The third-order valence-electron chi connectivity index (χ3n) is 3.75. The third-order valence-corrected chi connectivity index (χ3v) is 3.75. The fraction of sp³-hybridized carbons (Fsp3) is 0.500. The zero-order chi connectivity index (χ0) is 14.5. The fourth-order valence-corrected chi connectivity index (χ4v) is 2.71. The van der Waals surface area contributed by atoms with Gasteiger partial charge in [-0.15, -0.1) is 0 Å². The summed E-state index contributed by atoms with van der Waals surface area (Å²) in [5.74, 6) is -2.07. The number of fused-ring (bicyclic) bond motifs is 1. The highest BCUT2D eigenvalue weighted by atomic mass is 16.5. The molecule has 0 bridgehead atoms. The normalized spacial score (nSPS) is 21.1. The molecule has 4 nitrogen and oxygen atoms in total. The van der Waals surface area contributed by atoms with Gasteiger partial charge < -0.3 is 9.84 Å². The van der Waals surface area contributed by atoms with Crippen molar-refractivity contribution in [3.8, 4) is 0 Å². The maximum Gasteiger partial charge on any atom is 0.338 e. The van der Waals surface area contributed by atoms with Gasteiger partial charge in [0, 0.05) is 0 Å². The van der Waals surface area contributed by atoms with Crippen LogP contribution < -0.4 is 0 Å². The lowest BCUT2D eigenvalue weighted by atomic mass is 9.85. The second-order valence-corrected chi connectivity index (χ2v) is 5.20. The lowest BCUT2D eigenvalue weighted by Crippen LogP contribution is -2.36. The Labute approximate surface area is 118 Å². The topological polar surface area (TPSA) is 63.6 Å². The molecule has 2 atom stereocenters. The average Bonchev–Trinajstić information content (AvgIpc) is 2.43. The van der Waals surface area contributed by atoms with Gasteiger partial charge in [-0.05, 0) is 24.5 Å². The second-order valence-electron chi connectivity index (χ2n) is 5.20. The molecule has 0 amide bonds. The highest BCUT2D eigenvalue weighted by molar-refractivity contribution is 5.95. The molecule has 0 radical (unpaired) electrons. The number of carbonyl (C=O) groups excluding carboxylic acids is 1. The number of carboxylic acids is 1. The molecule has 0 saturated heterocycles. The van der Waals surface area contributed by atoms with Gasteiger partial charge in [0.15, 0.2) is 0 Å². The highest BCUT2D eigenvalue weighted by Crippen LogP contribution is 2.34. The van der Waals surface area contributed by atoms with Gasteiger partial charge >= 0.3 is 11.9 Å². The van der Waals surface area contributed by atoms with Crippen molar-refractivity contribution in [2.45, 2.75) is 51.0 Å². The van der Waals surface area contributed by atoms with Crippen molar-refractivity contribution >= 4 is 11.9 Å². The number of carbonyl (C=O) groups is 2. The van der Waals surface area contributed by atoms with E-state index in [4.69, 9.17) is 4.74 Å². The van der Waals surface area contributed by atoms with Crippen molar-refractivity contribution in [3.05, 3.63) is 35.4 Å². The van der Waals surface area contributed by atoms with Crippen LogP contribution in [0.3, 0.4) is 0 Å². The van der Waals surface area contributed by atoms with E-state index in [1.54, 1.807) is 24.3 Å². The first-order chi connectivity index (χ1) is 9.65. The van der Waals surface area contributed by atoms with Gasteiger partial charge in [-0.25, -0.2) is 4.79 Å². The Morgan fingerprint density at radius 1 is 1.25 bits per heavy atom. The Hall–Kier alpha value is -1.84. The molecule has 1 aliphatic heterocycles. The molecule has 4 heteroatoms. The van der Waals surface area contributed by atoms with Gasteiger partial charge in [0.1, 0.15) is 12.0 Å². The number of ether oxygens (including phenoxy) is 1. The van der Waals surface area contributed by atoms with E-state index in [1.807, 2.05) is 0 Å². The standard InChI is InChI=1S/C16H20O4/c1-2-3-4-5-10-13-14(15(17)18)11-8-6-7-9-12(11)16(19)20-13/h6-9,13-14H,2-5,10H2,1H3,(H,17,18)/t13-,14+/m0/s1. The molecular formula is C16H20O4. The number of esters is 1. The Morgan fingerprint density at radius 3 is 2.70 bits per heavy atom. The number of cyclic esters (lactones) is 1. The van der Waals surface area contributed by atoms with Crippen molar-refractivity contribution < 1.29 is 19.4 Å². The van der Waals surface area contributed by atoms with Gasteiger partial charge in [-0.3, -0.25) is 4.79 Å².